The lowest BCUT2D eigenvalue weighted by Crippen LogP contribution is -2.64. The third kappa shape index (κ3) is 2.46. The molecule has 5 rings (SSSR count). The number of H-pyrrole nitrogens is 1. The molecule has 156 valence electrons. The summed E-state index contributed by atoms with van der Waals surface area (Å²) in [5.41, 5.74) is 2.12. The predicted octanol–water partition coefficient (Wildman–Crippen LogP) is 2.72. The van der Waals surface area contributed by atoms with Crippen LogP contribution in [-0.2, 0) is 21.4 Å². The number of hydrogen-bond donors (Lipinski definition) is 3. The number of carbonyl (C=O) groups excluding carboxylic acids is 2. The smallest absolute Gasteiger partial charge is 0.247 e. The van der Waals surface area contributed by atoms with Gasteiger partial charge in [-0.15, -0.1) is 6.58 Å². The molecule has 0 spiro atoms. The lowest BCUT2D eigenvalue weighted by molar-refractivity contribution is -0.148. The summed E-state index contributed by atoms with van der Waals surface area (Å²) in [4.78, 5) is 35.5. The van der Waals surface area contributed by atoms with E-state index in [1.54, 1.807) is 17.4 Å². The molecule has 2 aromatic rings. The molecule has 4 heterocycles. The van der Waals surface area contributed by atoms with E-state index in [0.717, 1.165) is 21.4 Å². The summed E-state index contributed by atoms with van der Waals surface area (Å²) in [5.74, 6) is -0.175. The van der Waals surface area contributed by atoms with Crippen LogP contribution in [0.25, 0.3) is 0 Å². The number of nitrogens with zero attached hydrogens (tertiary/aromatic N) is 2. The topological polar surface area (TPSA) is 90.1 Å². The quantitative estimate of drug-likeness (QED) is 0.600. The van der Waals surface area contributed by atoms with E-state index < -0.39 is 17.5 Å². The minimum Gasteiger partial charge on any atom is -0.364 e. The van der Waals surface area contributed by atoms with Crippen molar-refractivity contribution in [2.45, 2.75) is 50.4 Å². The van der Waals surface area contributed by atoms with Crippen LogP contribution in [0, 0.1) is 5.41 Å². The summed E-state index contributed by atoms with van der Waals surface area (Å²) in [7, 11) is 0. The average Bonchev–Trinajstić information content (AvgIpc) is 3.40. The van der Waals surface area contributed by atoms with Crippen LogP contribution in [0.5, 0.6) is 0 Å². The highest BCUT2D eigenvalue weighted by atomic mass is 79.9. The Morgan fingerprint density at radius 2 is 2.17 bits per heavy atom. The van der Waals surface area contributed by atoms with Gasteiger partial charge in [-0.3, -0.25) is 9.59 Å². The largest absolute Gasteiger partial charge is 0.364 e. The van der Waals surface area contributed by atoms with E-state index in [-0.39, 0.29) is 23.4 Å². The molecule has 3 aliphatic rings. The van der Waals surface area contributed by atoms with E-state index in [1.165, 1.54) is 0 Å². The molecule has 30 heavy (non-hydrogen) atoms. The second-order valence-electron chi connectivity index (χ2n) is 8.94. The molecule has 0 bridgehead atoms. The summed E-state index contributed by atoms with van der Waals surface area (Å²) in [6, 6.07) is 5.00. The van der Waals surface area contributed by atoms with Gasteiger partial charge in [0.2, 0.25) is 11.8 Å². The van der Waals surface area contributed by atoms with Crippen LogP contribution >= 0.6 is 15.9 Å². The zero-order valence-corrected chi connectivity index (χ0v) is 18.5. The van der Waals surface area contributed by atoms with Gasteiger partial charge in [0.15, 0.2) is 0 Å². The third-order valence-electron chi connectivity index (χ3n) is 7.16. The van der Waals surface area contributed by atoms with Crippen molar-refractivity contribution in [3.63, 3.8) is 0 Å². The number of benzene rings is 1. The van der Waals surface area contributed by atoms with Crippen molar-refractivity contribution < 1.29 is 9.59 Å². The lowest BCUT2D eigenvalue weighted by Gasteiger charge is -2.44. The van der Waals surface area contributed by atoms with Gasteiger partial charge >= 0.3 is 0 Å². The number of imidazole rings is 1. The van der Waals surface area contributed by atoms with Crippen molar-refractivity contribution in [1.29, 1.82) is 0 Å². The Kier molecular flexibility index (Phi) is 4.16. The van der Waals surface area contributed by atoms with Gasteiger partial charge in [-0.25, -0.2) is 4.98 Å². The van der Waals surface area contributed by atoms with Gasteiger partial charge in [0.05, 0.1) is 6.33 Å². The maximum absolute atomic E-state index is 13.6. The van der Waals surface area contributed by atoms with Crippen molar-refractivity contribution in [1.82, 2.24) is 20.2 Å². The van der Waals surface area contributed by atoms with Crippen LogP contribution in [-0.4, -0.2) is 44.9 Å². The molecule has 7 nitrogen and oxygen atoms in total. The Morgan fingerprint density at radius 1 is 1.37 bits per heavy atom. The van der Waals surface area contributed by atoms with Crippen LogP contribution in [0.3, 0.4) is 0 Å². The molecule has 0 radical (unpaired) electrons. The van der Waals surface area contributed by atoms with E-state index in [0.29, 0.717) is 12.8 Å². The number of hydrogen-bond acceptors (Lipinski definition) is 4. The molecule has 4 atom stereocenters. The molecule has 1 aromatic heterocycles. The first-order chi connectivity index (χ1) is 14.3. The molecular weight excluding hydrogens is 446 g/mol. The molecule has 2 saturated heterocycles. The second-order valence-corrected chi connectivity index (χ2v) is 9.86. The van der Waals surface area contributed by atoms with Crippen molar-refractivity contribution in [2.24, 2.45) is 5.41 Å². The summed E-state index contributed by atoms with van der Waals surface area (Å²) in [6.07, 6.45) is 5.82. The average molecular weight is 470 g/mol. The Balaban J connectivity index is 1.60. The number of allylic oxidation sites excluding steroid dienone is 1. The number of piperazine rings is 1. The number of nitrogens with one attached hydrogen (secondary N) is 3. The van der Waals surface area contributed by atoms with Crippen LogP contribution in [0.15, 0.2) is 47.9 Å². The van der Waals surface area contributed by atoms with E-state index >= 15 is 0 Å². The Morgan fingerprint density at radius 3 is 2.87 bits per heavy atom. The van der Waals surface area contributed by atoms with Crippen LogP contribution in [0.1, 0.15) is 31.5 Å². The zero-order valence-electron chi connectivity index (χ0n) is 16.9. The summed E-state index contributed by atoms with van der Waals surface area (Å²) in [6.45, 7) is 8.36. The van der Waals surface area contributed by atoms with Gasteiger partial charge in [-0.2, -0.15) is 0 Å². The molecular formula is C22H24BrN5O2. The number of aromatic amines is 1. The number of anilines is 1. The Bertz CT molecular complexity index is 1050. The number of halogens is 1. The lowest BCUT2D eigenvalue weighted by atomic mass is 9.60. The van der Waals surface area contributed by atoms with E-state index in [1.807, 2.05) is 18.2 Å². The molecule has 3 aliphatic heterocycles. The van der Waals surface area contributed by atoms with E-state index in [2.05, 4.69) is 63.0 Å². The SMILES string of the molecule is C=CC(C)(C)[C@@]12C[C@H]3C(=O)NC(Cc4cnc[nH]4)C(=O)N3C1Nc1ccc(Br)cc12. The van der Waals surface area contributed by atoms with Crippen LogP contribution < -0.4 is 10.6 Å². The molecule has 2 unspecified atom stereocenters. The number of amides is 2. The molecule has 0 saturated carbocycles. The normalized spacial score (nSPS) is 29.7. The van der Waals surface area contributed by atoms with Gasteiger partial charge in [0.25, 0.3) is 0 Å². The van der Waals surface area contributed by atoms with E-state index in [4.69, 9.17) is 0 Å². The van der Waals surface area contributed by atoms with Gasteiger partial charge in [0, 0.05) is 33.9 Å². The summed E-state index contributed by atoms with van der Waals surface area (Å²) < 4.78 is 0.973. The first-order valence-corrected chi connectivity index (χ1v) is 10.9. The third-order valence-corrected chi connectivity index (χ3v) is 7.65. The van der Waals surface area contributed by atoms with Crippen molar-refractivity contribution in [3.8, 4) is 0 Å². The molecule has 1 aromatic carbocycles. The minimum atomic E-state index is -0.617. The Labute approximate surface area is 183 Å². The highest BCUT2D eigenvalue weighted by Crippen LogP contribution is 2.60. The van der Waals surface area contributed by atoms with Crippen molar-refractivity contribution in [2.75, 3.05) is 5.32 Å². The highest BCUT2D eigenvalue weighted by molar-refractivity contribution is 9.10. The van der Waals surface area contributed by atoms with Gasteiger partial charge < -0.3 is 20.5 Å². The molecule has 0 aliphatic carbocycles. The van der Waals surface area contributed by atoms with Crippen molar-refractivity contribution in [3.05, 3.63) is 59.1 Å². The monoisotopic (exact) mass is 469 g/mol. The van der Waals surface area contributed by atoms with E-state index in [9.17, 15) is 9.59 Å². The number of aromatic nitrogens is 2. The van der Waals surface area contributed by atoms with Gasteiger partial charge in [-0.1, -0.05) is 35.9 Å². The number of carbonyl (C=O) groups is 2. The zero-order chi connectivity index (χ0) is 21.3. The number of fused-ring (bicyclic) bond motifs is 5. The standard InChI is InChI=1S/C22H24BrN5O2/c1-4-21(2,3)22-9-17-18(29)26-16(8-13-10-24-11-25-13)19(30)28(17)20(22)27-15-6-5-12(23)7-14(15)22/h4-7,10-11,16-17,20,27H,1,8-9H2,2-3H3,(H,24,25)(H,26,29)/t16?,17-,20?,22+/m0/s1. The fraction of sp³-hybridized carbons (Fsp3) is 0.409. The first kappa shape index (κ1) is 19.4. The second kappa shape index (κ2) is 6.44. The molecule has 8 heteroatoms. The fourth-order valence-electron chi connectivity index (χ4n) is 5.45. The van der Waals surface area contributed by atoms with Gasteiger partial charge in [0.1, 0.15) is 18.2 Å². The van der Waals surface area contributed by atoms with Gasteiger partial charge in [-0.05, 0) is 35.6 Å². The first-order valence-electron chi connectivity index (χ1n) is 10.1. The maximum Gasteiger partial charge on any atom is 0.247 e. The van der Waals surface area contributed by atoms with Crippen LogP contribution in [0.4, 0.5) is 5.69 Å². The fourth-order valence-corrected chi connectivity index (χ4v) is 5.81. The van der Waals surface area contributed by atoms with Crippen molar-refractivity contribution >= 4 is 33.4 Å². The molecule has 2 amide bonds. The molecule has 2 fully saturated rings. The summed E-state index contributed by atoms with van der Waals surface area (Å²) in [5, 5.41) is 6.52. The number of rotatable bonds is 4. The van der Waals surface area contributed by atoms with Crippen LogP contribution in [0.2, 0.25) is 0 Å². The molecule has 3 N–H and O–H groups in total. The Hall–Kier alpha value is -2.61. The predicted molar refractivity (Wildman–Crippen MR) is 117 cm³/mol. The maximum atomic E-state index is 13.6. The minimum absolute atomic E-state index is 0.0692. The summed E-state index contributed by atoms with van der Waals surface area (Å²) >= 11 is 3.60. The highest BCUT2D eigenvalue weighted by Gasteiger charge is 2.67.